The Morgan fingerprint density at radius 2 is 1.58 bits per heavy atom. The van der Waals surface area contributed by atoms with Crippen molar-refractivity contribution in [2.24, 2.45) is 17.8 Å². The molecule has 2 aliphatic carbocycles. The number of imide groups is 1. The zero-order valence-corrected chi connectivity index (χ0v) is 32.4. The Morgan fingerprint density at radius 1 is 0.904 bits per heavy atom. The molecule has 0 bridgehead atoms. The van der Waals surface area contributed by atoms with E-state index in [0.29, 0.717) is 19.6 Å². The van der Waals surface area contributed by atoms with Crippen LogP contribution in [-0.2, 0) is 18.8 Å². The summed E-state index contributed by atoms with van der Waals surface area (Å²) >= 11 is 0. The van der Waals surface area contributed by atoms with Gasteiger partial charge >= 0.3 is 0 Å². The number of phenolic OH excluding ortho intramolecular Hbond substituents is 1. The molecular formula is C45H55NO5Si. The van der Waals surface area contributed by atoms with E-state index in [9.17, 15) is 14.7 Å². The van der Waals surface area contributed by atoms with Gasteiger partial charge in [-0.05, 0) is 82.8 Å². The number of hydrogen-bond donors (Lipinski definition) is 1. The first-order valence-electron chi connectivity index (χ1n) is 19.6. The summed E-state index contributed by atoms with van der Waals surface area (Å²) in [4.78, 5) is 30.3. The van der Waals surface area contributed by atoms with E-state index in [4.69, 9.17) is 9.16 Å². The summed E-state index contributed by atoms with van der Waals surface area (Å²) in [6.07, 6.45) is 10.2. The fraction of sp³-hybridized carbons (Fsp3) is 0.467. The molecule has 3 aromatic carbocycles. The van der Waals surface area contributed by atoms with Crippen molar-refractivity contribution in [3.8, 4) is 5.75 Å². The first-order valence-corrected chi connectivity index (χ1v) is 21.5. The van der Waals surface area contributed by atoms with Crippen LogP contribution in [-0.4, -0.2) is 55.5 Å². The van der Waals surface area contributed by atoms with Crippen molar-refractivity contribution in [1.82, 2.24) is 4.90 Å². The molecule has 4 aliphatic rings. The van der Waals surface area contributed by atoms with Gasteiger partial charge in [0.2, 0.25) is 11.8 Å². The normalized spacial score (nSPS) is 24.4. The van der Waals surface area contributed by atoms with Crippen molar-refractivity contribution in [3.05, 3.63) is 107 Å². The minimum absolute atomic E-state index is 0.0207. The number of carbonyl (C=O) groups is 2. The summed E-state index contributed by atoms with van der Waals surface area (Å²) in [5, 5.41) is 12.3. The maximum atomic E-state index is 14.3. The SMILES string of the molecule is CC/C(=C\c1cccc(O)c1)CC[C@H]1OC[C@H]2C1=C(CO[Si](c1ccccc1)(c1ccccc1)C(C)(C)C)C[C@H]1C(=O)N(C3CCCCC3)C(=O)[C@H]12. The Labute approximate surface area is 311 Å². The summed E-state index contributed by atoms with van der Waals surface area (Å²) in [6.45, 7) is 9.93. The van der Waals surface area contributed by atoms with Crippen LogP contribution in [0.2, 0.25) is 5.04 Å². The number of fused-ring (bicyclic) bond motifs is 3. The molecule has 1 N–H and O–H groups in total. The molecule has 1 saturated carbocycles. The molecule has 2 heterocycles. The molecule has 7 rings (SSSR count). The number of hydrogen-bond acceptors (Lipinski definition) is 5. The molecule has 0 unspecified atom stereocenters. The number of ether oxygens (including phenoxy) is 1. The van der Waals surface area contributed by atoms with Crippen molar-refractivity contribution in [1.29, 1.82) is 0 Å². The molecule has 274 valence electrons. The monoisotopic (exact) mass is 717 g/mol. The number of benzene rings is 3. The number of aromatic hydroxyl groups is 1. The Hall–Kier alpha value is -3.78. The molecule has 0 radical (unpaired) electrons. The second-order valence-electron chi connectivity index (χ2n) is 16.4. The lowest BCUT2D eigenvalue weighted by atomic mass is 9.69. The van der Waals surface area contributed by atoms with E-state index in [1.807, 2.05) is 12.1 Å². The highest BCUT2D eigenvalue weighted by atomic mass is 28.4. The van der Waals surface area contributed by atoms with Gasteiger partial charge in [0.25, 0.3) is 8.32 Å². The predicted octanol–water partition coefficient (Wildman–Crippen LogP) is 8.19. The molecule has 3 fully saturated rings. The maximum Gasteiger partial charge on any atom is 0.261 e. The van der Waals surface area contributed by atoms with Crippen LogP contribution in [0.4, 0.5) is 0 Å². The molecule has 2 saturated heterocycles. The average Bonchev–Trinajstić information content (AvgIpc) is 3.68. The van der Waals surface area contributed by atoms with E-state index < -0.39 is 8.32 Å². The van der Waals surface area contributed by atoms with E-state index in [1.54, 1.807) is 17.0 Å². The predicted molar refractivity (Wildman–Crippen MR) is 210 cm³/mol. The van der Waals surface area contributed by atoms with E-state index in [0.717, 1.165) is 56.1 Å². The standard InChI is InChI=1S/C45H55NO5Si/c1-5-31(26-32-16-15-19-35(47)27-32)24-25-40-41-33(28-38-42(39(41)30-50-40)44(49)46(43(38)48)34-17-9-6-10-18-34)29-51-52(45(2,3)4,36-20-11-7-12-21-36)37-22-13-8-14-23-37/h7-8,11-16,19-23,26-27,34,38-40,42,47H,5-6,9-10,17-18,24-25,28-30H2,1-4H3/b31-26+/t38-,39+,40-,42-/m1/s1. The average molecular weight is 718 g/mol. The number of carbonyl (C=O) groups excluding carboxylic acids is 2. The minimum atomic E-state index is -2.86. The summed E-state index contributed by atoms with van der Waals surface area (Å²) in [5.41, 5.74) is 4.63. The largest absolute Gasteiger partial charge is 0.508 e. The van der Waals surface area contributed by atoms with Crippen LogP contribution >= 0.6 is 0 Å². The molecule has 0 aromatic heterocycles. The Bertz CT molecular complexity index is 1770. The first-order chi connectivity index (χ1) is 25.1. The fourth-order valence-electron chi connectivity index (χ4n) is 9.80. The van der Waals surface area contributed by atoms with Crippen molar-refractivity contribution >= 4 is 36.6 Å². The van der Waals surface area contributed by atoms with Crippen LogP contribution in [0.25, 0.3) is 6.08 Å². The smallest absolute Gasteiger partial charge is 0.261 e. The Balaban J connectivity index is 1.26. The lowest BCUT2D eigenvalue weighted by molar-refractivity contribution is -0.143. The molecule has 2 aliphatic heterocycles. The van der Waals surface area contributed by atoms with Gasteiger partial charge in [-0.2, -0.15) is 0 Å². The van der Waals surface area contributed by atoms with Crippen LogP contribution in [0.5, 0.6) is 5.75 Å². The quantitative estimate of drug-likeness (QED) is 0.123. The molecular weight excluding hydrogens is 663 g/mol. The van der Waals surface area contributed by atoms with Gasteiger partial charge in [-0.25, -0.2) is 0 Å². The van der Waals surface area contributed by atoms with E-state index >= 15 is 0 Å². The van der Waals surface area contributed by atoms with Gasteiger partial charge in [0.05, 0.1) is 31.2 Å². The molecule has 2 amide bonds. The third-order valence-corrected chi connectivity index (χ3v) is 17.3. The van der Waals surface area contributed by atoms with Crippen LogP contribution in [0.15, 0.2) is 102 Å². The van der Waals surface area contributed by atoms with Gasteiger partial charge in [0.15, 0.2) is 0 Å². The van der Waals surface area contributed by atoms with Gasteiger partial charge in [0.1, 0.15) is 5.75 Å². The number of rotatable bonds is 11. The summed E-state index contributed by atoms with van der Waals surface area (Å²) in [5.74, 6) is -0.531. The molecule has 4 atom stereocenters. The summed E-state index contributed by atoms with van der Waals surface area (Å²) in [6, 6.07) is 28.8. The highest BCUT2D eigenvalue weighted by molar-refractivity contribution is 6.99. The van der Waals surface area contributed by atoms with E-state index in [1.165, 1.54) is 27.9 Å². The maximum absolute atomic E-state index is 14.3. The van der Waals surface area contributed by atoms with Gasteiger partial charge in [0, 0.05) is 12.0 Å². The van der Waals surface area contributed by atoms with Crippen molar-refractivity contribution in [2.75, 3.05) is 13.2 Å². The van der Waals surface area contributed by atoms with Crippen LogP contribution in [0.3, 0.4) is 0 Å². The first kappa shape index (κ1) is 36.6. The Morgan fingerprint density at radius 3 is 2.19 bits per heavy atom. The minimum Gasteiger partial charge on any atom is -0.508 e. The zero-order valence-electron chi connectivity index (χ0n) is 31.4. The van der Waals surface area contributed by atoms with Crippen LogP contribution < -0.4 is 10.4 Å². The third kappa shape index (κ3) is 6.88. The van der Waals surface area contributed by atoms with Crippen molar-refractivity contribution < 1.29 is 23.9 Å². The van der Waals surface area contributed by atoms with Gasteiger partial charge in [-0.15, -0.1) is 0 Å². The topological polar surface area (TPSA) is 76.1 Å². The highest BCUT2D eigenvalue weighted by Gasteiger charge is 2.59. The molecule has 6 nitrogen and oxygen atoms in total. The number of allylic oxidation sites excluding steroid dienone is 1. The second kappa shape index (κ2) is 15.3. The number of amides is 2. The van der Waals surface area contributed by atoms with E-state index in [2.05, 4.69) is 94.4 Å². The highest BCUT2D eigenvalue weighted by Crippen LogP contribution is 2.51. The number of phenols is 1. The fourth-order valence-corrected chi connectivity index (χ4v) is 14.3. The van der Waals surface area contributed by atoms with Crippen molar-refractivity contribution in [2.45, 2.75) is 103 Å². The number of likely N-dealkylation sites (tertiary alicyclic amines) is 1. The molecule has 0 spiro atoms. The molecule has 52 heavy (non-hydrogen) atoms. The lowest BCUT2D eigenvalue weighted by Crippen LogP contribution is -2.66. The molecule has 7 heteroatoms. The molecule has 3 aromatic rings. The van der Waals surface area contributed by atoms with Gasteiger partial charge in [-0.3, -0.25) is 14.5 Å². The number of nitrogens with zero attached hydrogens (tertiary/aromatic N) is 1. The zero-order chi connectivity index (χ0) is 36.5. The summed E-state index contributed by atoms with van der Waals surface area (Å²) in [7, 11) is -2.86. The third-order valence-electron chi connectivity index (χ3n) is 12.3. The Kier molecular flexibility index (Phi) is 10.8. The van der Waals surface area contributed by atoms with Gasteiger partial charge < -0.3 is 14.3 Å². The summed E-state index contributed by atoms with van der Waals surface area (Å²) < 4.78 is 14.2. The van der Waals surface area contributed by atoms with Crippen LogP contribution in [0, 0.1) is 17.8 Å². The van der Waals surface area contributed by atoms with Gasteiger partial charge in [-0.1, -0.05) is 131 Å². The van der Waals surface area contributed by atoms with E-state index in [-0.39, 0.29) is 52.5 Å². The van der Waals surface area contributed by atoms with Crippen molar-refractivity contribution in [3.63, 3.8) is 0 Å². The van der Waals surface area contributed by atoms with Crippen LogP contribution in [0.1, 0.15) is 91.0 Å². The second-order valence-corrected chi connectivity index (χ2v) is 20.7. The lowest BCUT2D eigenvalue weighted by Gasteiger charge is -2.44.